The first-order valence-corrected chi connectivity index (χ1v) is 5.44. The Hall–Kier alpha value is -0.590. The maximum Gasteiger partial charge on any atom is 0.158 e. The average Bonchev–Trinajstić information content (AvgIpc) is 2.15. The molecule has 1 aliphatic rings. The Morgan fingerprint density at radius 1 is 1.31 bits per heavy atom. The van der Waals surface area contributed by atoms with Crippen LogP contribution in [0.2, 0.25) is 0 Å². The molecule has 13 heavy (non-hydrogen) atoms. The van der Waals surface area contributed by atoms with Gasteiger partial charge >= 0.3 is 0 Å². The smallest absolute Gasteiger partial charge is 0.158 e. The van der Waals surface area contributed by atoms with E-state index in [0.717, 1.165) is 25.2 Å². The molecule has 0 atom stereocenters. The quantitative estimate of drug-likeness (QED) is 0.609. The molecule has 0 saturated heterocycles. The lowest BCUT2D eigenvalue weighted by molar-refractivity contribution is -0.119. The second-order valence-corrected chi connectivity index (χ2v) is 4.17. The Morgan fingerprint density at radius 2 is 1.92 bits per heavy atom. The Morgan fingerprint density at radius 3 is 2.46 bits per heavy atom. The molecule has 0 aromatic carbocycles. The summed E-state index contributed by atoms with van der Waals surface area (Å²) in [5.74, 6) is 1.52. The summed E-state index contributed by atoms with van der Waals surface area (Å²) in [7, 11) is 0. The van der Waals surface area contributed by atoms with E-state index in [1.165, 1.54) is 12.8 Å². The van der Waals surface area contributed by atoms with Gasteiger partial charge in [-0.3, -0.25) is 4.79 Å². The maximum absolute atomic E-state index is 11.6. The summed E-state index contributed by atoms with van der Waals surface area (Å²) in [6, 6.07) is 0. The van der Waals surface area contributed by atoms with Gasteiger partial charge in [0.15, 0.2) is 5.78 Å². The van der Waals surface area contributed by atoms with E-state index in [2.05, 4.69) is 13.8 Å². The predicted molar refractivity (Wildman–Crippen MR) is 55.6 cm³/mol. The molecule has 0 N–H and O–H groups in total. The maximum atomic E-state index is 11.6. The van der Waals surface area contributed by atoms with E-state index >= 15 is 0 Å². The molecular weight excluding hydrogens is 160 g/mol. The van der Waals surface area contributed by atoms with E-state index in [9.17, 15) is 4.79 Å². The monoisotopic (exact) mass is 180 g/mol. The van der Waals surface area contributed by atoms with Crippen molar-refractivity contribution in [3.8, 4) is 0 Å². The highest BCUT2D eigenvalue weighted by Gasteiger charge is 2.22. The molecule has 0 unspecified atom stereocenters. The number of hydrogen-bond acceptors (Lipinski definition) is 1. The van der Waals surface area contributed by atoms with Crippen molar-refractivity contribution in [3.63, 3.8) is 0 Å². The zero-order chi connectivity index (χ0) is 9.68. The number of carbonyl (C=O) groups excluding carboxylic acids is 1. The van der Waals surface area contributed by atoms with Crippen LogP contribution >= 0.6 is 0 Å². The summed E-state index contributed by atoms with van der Waals surface area (Å²) >= 11 is 0. The van der Waals surface area contributed by atoms with Gasteiger partial charge in [0.05, 0.1) is 0 Å². The van der Waals surface area contributed by atoms with Crippen molar-refractivity contribution in [1.82, 2.24) is 0 Å². The van der Waals surface area contributed by atoms with Crippen molar-refractivity contribution < 1.29 is 4.79 Å². The molecule has 0 radical (unpaired) electrons. The number of rotatable bonds is 3. The molecule has 1 heteroatoms. The van der Waals surface area contributed by atoms with E-state index in [1.807, 2.05) is 6.08 Å². The zero-order valence-electron chi connectivity index (χ0n) is 8.75. The number of hydrogen-bond donors (Lipinski definition) is 0. The van der Waals surface area contributed by atoms with Crippen LogP contribution in [-0.2, 0) is 4.79 Å². The van der Waals surface area contributed by atoms with Crippen LogP contribution in [0.4, 0.5) is 0 Å². The van der Waals surface area contributed by atoms with Crippen LogP contribution in [0.3, 0.4) is 0 Å². The van der Waals surface area contributed by atoms with Crippen LogP contribution in [0.25, 0.3) is 0 Å². The van der Waals surface area contributed by atoms with Gasteiger partial charge in [0, 0.05) is 5.92 Å². The summed E-state index contributed by atoms with van der Waals surface area (Å²) < 4.78 is 0. The van der Waals surface area contributed by atoms with E-state index in [-0.39, 0.29) is 0 Å². The van der Waals surface area contributed by atoms with Gasteiger partial charge in [-0.2, -0.15) is 0 Å². The first-order chi connectivity index (χ1) is 6.24. The largest absolute Gasteiger partial charge is 0.295 e. The molecule has 1 saturated carbocycles. The Labute approximate surface area is 81.2 Å². The Balaban J connectivity index is 2.36. The highest BCUT2D eigenvalue weighted by molar-refractivity contribution is 5.91. The van der Waals surface area contributed by atoms with E-state index in [1.54, 1.807) is 6.08 Å². The summed E-state index contributed by atoms with van der Waals surface area (Å²) in [4.78, 5) is 11.6. The molecule has 0 amide bonds. The third-order valence-corrected chi connectivity index (χ3v) is 2.94. The first-order valence-electron chi connectivity index (χ1n) is 5.44. The lowest BCUT2D eigenvalue weighted by atomic mass is 9.81. The summed E-state index contributed by atoms with van der Waals surface area (Å²) in [6.07, 6.45) is 9.39. The normalized spacial score (nSPS) is 29.4. The fourth-order valence-corrected chi connectivity index (χ4v) is 1.91. The van der Waals surface area contributed by atoms with E-state index < -0.39 is 0 Å². The minimum atomic E-state index is 0.332. The number of ketones is 1. The molecule has 0 spiro atoms. The minimum absolute atomic E-state index is 0.332. The van der Waals surface area contributed by atoms with Crippen molar-refractivity contribution in [2.45, 2.75) is 46.0 Å². The van der Waals surface area contributed by atoms with Crippen LogP contribution in [0.15, 0.2) is 12.2 Å². The van der Waals surface area contributed by atoms with Gasteiger partial charge in [-0.05, 0) is 31.3 Å². The van der Waals surface area contributed by atoms with Crippen molar-refractivity contribution in [2.24, 2.45) is 11.8 Å². The third kappa shape index (κ3) is 3.33. The second-order valence-electron chi connectivity index (χ2n) is 4.17. The van der Waals surface area contributed by atoms with Crippen LogP contribution in [0.5, 0.6) is 0 Å². The summed E-state index contributed by atoms with van der Waals surface area (Å²) in [5, 5.41) is 0. The molecule has 0 aromatic rings. The lowest BCUT2D eigenvalue weighted by Crippen LogP contribution is -2.19. The second kappa shape index (κ2) is 5.21. The van der Waals surface area contributed by atoms with Gasteiger partial charge in [0.2, 0.25) is 0 Å². The van der Waals surface area contributed by atoms with Crippen molar-refractivity contribution in [2.75, 3.05) is 0 Å². The molecule has 0 aliphatic heterocycles. The van der Waals surface area contributed by atoms with Gasteiger partial charge in [0.1, 0.15) is 0 Å². The van der Waals surface area contributed by atoms with E-state index in [0.29, 0.717) is 11.7 Å². The van der Waals surface area contributed by atoms with Gasteiger partial charge in [-0.15, -0.1) is 0 Å². The van der Waals surface area contributed by atoms with Gasteiger partial charge in [0.25, 0.3) is 0 Å². The summed E-state index contributed by atoms with van der Waals surface area (Å²) in [5.41, 5.74) is 0. The molecule has 0 bridgehead atoms. The van der Waals surface area contributed by atoms with Crippen molar-refractivity contribution in [3.05, 3.63) is 12.2 Å². The molecule has 0 heterocycles. The third-order valence-electron chi connectivity index (χ3n) is 2.94. The first kappa shape index (κ1) is 10.5. The molecule has 0 aromatic heterocycles. The SMILES string of the molecule is CC/C=C/C(=O)C1CCC(C)CC1. The van der Waals surface area contributed by atoms with Gasteiger partial charge < -0.3 is 0 Å². The lowest BCUT2D eigenvalue weighted by Gasteiger charge is -2.23. The molecule has 1 fully saturated rings. The molecule has 1 nitrogen and oxygen atoms in total. The van der Waals surface area contributed by atoms with Gasteiger partial charge in [-0.1, -0.05) is 32.8 Å². The number of carbonyl (C=O) groups is 1. The van der Waals surface area contributed by atoms with E-state index in [4.69, 9.17) is 0 Å². The molecule has 1 rings (SSSR count). The zero-order valence-corrected chi connectivity index (χ0v) is 8.75. The topological polar surface area (TPSA) is 17.1 Å². The fourth-order valence-electron chi connectivity index (χ4n) is 1.91. The van der Waals surface area contributed by atoms with Crippen molar-refractivity contribution in [1.29, 1.82) is 0 Å². The van der Waals surface area contributed by atoms with Crippen LogP contribution < -0.4 is 0 Å². The minimum Gasteiger partial charge on any atom is -0.295 e. The average molecular weight is 180 g/mol. The van der Waals surface area contributed by atoms with Crippen LogP contribution in [0, 0.1) is 11.8 Å². The Bertz CT molecular complexity index is 185. The predicted octanol–water partition coefficient (Wildman–Crippen LogP) is 3.35. The highest BCUT2D eigenvalue weighted by Crippen LogP contribution is 2.28. The standard InChI is InChI=1S/C12H20O/c1-3-4-5-12(13)11-8-6-10(2)7-9-11/h4-5,10-11H,3,6-9H2,1-2H3/b5-4+. The van der Waals surface area contributed by atoms with Crippen LogP contribution in [-0.4, -0.2) is 5.78 Å². The highest BCUT2D eigenvalue weighted by atomic mass is 16.1. The molecule has 1 aliphatic carbocycles. The van der Waals surface area contributed by atoms with Crippen molar-refractivity contribution >= 4 is 5.78 Å². The van der Waals surface area contributed by atoms with Gasteiger partial charge in [-0.25, -0.2) is 0 Å². The summed E-state index contributed by atoms with van der Waals surface area (Å²) in [6.45, 7) is 4.34. The Kier molecular flexibility index (Phi) is 4.20. The fraction of sp³-hybridized carbons (Fsp3) is 0.750. The van der Waals surface area contributed by atoms with Crippen LogP contribution in [0.1, 0.15) is 46.0 Å². The number of allylic oxidation sites excluding steroid dienone is 2. The molecule has 74 valence electrons. The molecular formula is C12H20O.